The first-order valence-corrected chi connectivity index (χ1v) is 9.81. The summed E-state index contributed by atoms with van der Waals surface area (Å²) in [5, 5.41) is 22.9. The molecule has 1 aromatic rings. The Labute approximate surface area is 165 Å². The van der Waals surface area contributed by atoms with Crippen LogP contribution in [0.25, 0.3) is 0 Å². The van der Waals surface area contributed by atoms with Crippen molar-refractivity contribution >= 4 is 23.3 Å². The van der Waals surface area contributed by atoms with E-state index < -0.39 is 10.9 Å². The van der Waals surface area contributed by atoms with E-state index in [1.54, 1.807) is 12.1 Å². The van der Waals surface area contributed by atoms with Crippen molar-refractivity contribution in [2.24, 2.45) is 11.8 Å². The fourth-order valence-corrected chi connectivity index (χ4v) is 3.82. The summed E-state index contributed by atoms with van der Waals surface area (Å²) in [4.78, 5) is 36.0. The van der Waals surface area contributed by atoms with E-state index in [2.05, 4.69) is 19.2 Å². The highest BCUT2D eigenvalue weighted by Crippen LogP contribution is 2.33. The van der Waals surface area contributed by atoms with E-state index in [0.717, 1.165) is 19.5 Å². The summed E-state index contributed by atoms with van der Waals surface area (Å²) in [6.45, 7) is 6.24. The van der Waals surface area contributed by atoms with Gasteiger partial charge in [-0.2, -0.15) is 0 Å². The van der Waals surface area contributed by atoms with Gasteiger partial charge >= 0.3 is 5.97 Å². The maximum atomic E-state index is 12.3. The summed E-state index contributed by atoms with van der Waals surface area (Å²) in [7, 11) is 0. The summed E-state index contributed by atoms with van der Waals surface area (Å²) in [5.41, 5.74) is 0.781. The maximum absolute atomic E-state index is 12.3. The van der Waals surface area contributed by atoms with Crippen LogP contribution in [-0.2, 0) is 4.79 Å². The minimum Gasteiger partial charge on any atom is -0.481 e. The standard InChI is InChI=1S/C20H29N3O5/c1-14-10-15(2)13-22(12-14)17-8-7-16(11-18(17)23(27)28)20(26)21-9-5-3-4-6-19(24)25/h7-8,11,14-15H,3-6,9-10,12-13H2,1-2H3,(H,21,26)(H,24,25). The third-order valence-corrected chi connectivity index (χ3v) is 5.00. The first kappa shape index (κ1) is 21.7. The van der Waals surface area contributed by atoms with Gasteiger partial charge in [-0.05, 0) is 43.2 Å². The average molecular weight is 391 g/mol. The van der Waals surface area contributed by atoms with Gasteiger partial charge in [0.15, 0.2) is 0 Å². The number of nitrogens with one attached hydrogen (secondary N) is 1. The Bertz CT molecular complexity index is 712. The topological polar surface area (TPSA) is 113 Å². The van der Waals surface area contributed by atoms with E-state index in [-0.39, 0.29) is 23.6 Å². The van der Waals surface area contributed by atoms with Gasteiger partial charge in [0.2, 0.25) is 0 Å². The molecular weight excluding hydrogens is 362 g/mol. The van der Waals surface area contributed by atoms with Gasteiger partial charge < -0.3 is 15.3 Å². The van der Waals surface area contributed by atoms with Gasteiger partial charge in [0.25, 0.3) is 11.6 Å². The number of piperidine rings is 1. The second-order valence-electron chi connectivity index (χ2n) is 7.77. The second kappa shape index (κ2) is 10.1. The number of unbranched alkanes of at least 4 members (excludes halogenated alkanes) is 2. The molecule has 1 heterocycles. The molecule has 0 bridgehead atoms. The van der Waals surface area contributed by atoms with Crippen molar-refractivity contribution in [3.8, 4) is 0 Å². The fraction of sp³-hybridized carbons (Fsp3) is 0.600. The molecule has 0 aromatic heterocycles. The molecule has 8 heteroatoms. The summed E-state index contributed by atoms with van der Waals surface area (Å²) >= 11 is 0. The molecule has 0 radical (unpaired) electrons. The molecule has 2 N–H and O–H groups in total. The highest BCUT2D eigenvalue weighted by atomic mass is 16.6. The lowest BCUT2D eigenvalue weighted by molar-refractivity contribution is -0.384. The zero-order valence-electron chi connectivity index (χ0n) is 16.5. The lowest BCUT2D eigenvalue weighted by atomic mass is 9.91. The minimum absolute atomic E-state index is 0.0459. The van der Waals surface area contributed by atoms with Gasteiger partial charge in [0.1, 0.15) is 5.69 Å². The van der Waals surface area contributed by atoms with Crippen LogP contribution in [0.1, 0.15) is 56.3 Å². The van der Waals surface area contributed by atoms with E-state index in [4.69, 9.17) is 5.11 Å². The highest BCUT2D eigenvalue weighted by molar-refractivity contribution is 5.95. The second-order valence-corrected chi connectivity index (χ2v) is 7.77. The predicted octanol–water partition coefficient (Wildman–Crippen LogP) is 3.45. The Morgan fingerprint density at radius 1 is 1.21 bits per heavy atom. The van der Waals surface area contributed by atoms with Crippen molar-refractivity contribution in [1.29, 1.82) is 0 Å². The number of nitro benzene ring substituents is 1. The van der Waals surface area contributed by atoms with Crippen molar-refractivity contribution in [2.45, 2.75) is 46.0 Å². The van der Waals surface area contributed by atoms with Crippen LogP contribution in [0.2, 0.25) is 0 Å². The number of hydrogen-bond acceptors (Lipinski definition) is 5. The number of hydrogen-bond donors (Lipinski definition) is 2. The van der Waals surface area contributed by atoms with Crippen molar-refractivity contribution in [3.05, 3.63) is 33.9 Å². The molecule has 0 spiro atoms. The van der Waals surface area contributed by atoms with Crippen LogP contribution in [0.4, 0.5) is 11.4 Å². The Morgan fingerprint density at radius 2 is 1.89 bits per heavy atom. The molecule has 8 nitrogen and oxygen atoms in total. The van der Waals surface area contributed by atoms with Crippen LogP contribution in [0.15, 0.2) is 18.2 Å². The molecule has 154 valence electrons. The Kier molecular flexibility index (Phi) is 7.78. The molecule has 0 aliphatic carbocycles. The molecule has 1 amide bonds. The number of nitro groups is 1. The summed E-state index contributed by atoms with van der Waals surface area (Å²) in [5.74, 6) is -0.248. The molecule has 1 fully saturated rings. The summed E-state index contributed by atoms with van der Waals surface area (Å²) < 4.78 is 0. The average Bonchev–Trinajstić information content (AvgIpc) is 2.62. The normalized spacial score (nSPS) is 19.3. The molecule has 2 rings (SSSR count). The van der Waals surface area contributed by atoms with Crippen LogP contribution in [0, 0.1) is 22.0 Å². The van der Waals surface area contributed by atoms with Crippen LogP contribution in [0.3, 0.4) is 0 Å². The van der Waals surface area contributed by atoms with Crippen molar-refractivity contribution < 1.29 is 19.6 Å². The number of carboxylic acid groups (broad SMARTS) is 1. The Balaban J connectivity index is 2.00. The van der Waals surface area contributed by atoms with Crippen LogP contribution >= 0.6 is 0 Å². The Hall–Kier alpha value is -2.64. The zero-order chi connectivity index (χ0) is 20.7. The number of anilines is 1. The number of amides is 1. The number of nitrogens with zero attached hydrogens (tertiary/aromatic N) is 2. The first-order chi connectivity index (χ1) is 13.3. The lowest BCUT2D eigenvalue weighted by Gasteiger charge is -2.36. The predicted molar refractivity (Wildman–Crippen MR) is 107 cm³/mol. The number of rotatable bonds is 9. The van der Waals surface area contributed by atoms with Crippen molar-refractivity contribution in [1.82, 2.24) is 5.32 Å². The number of benzene rings is 1. The van der Waals surface area contributed by atoms with Crippen LogP contribution in [0.5, 0.6) is 0 Å². The van der Waals surface area contributed by atoms with E-state index in [1.165, 1.54) is 6.07 Å². The minimum atomic E-state index is -0.825. The van der Waals surface area contributed by atoms with Gasteiger partial charge in [0.05, 0.1) is 4.92 Å². The van der Waals surface area contributed by atoms with Crippen LogP contribution in [-0.4, -0.2) is 41.5 Å². The number of carbonyl (C=O) groups is 2. The SMILES string of the molecule is CC1CC(C)CN(c2ccc(C(=O)NCCCCCC(=O)O)cc2[N+](=O)[O-])C1. The highest BCUT2D eigenvalue weighted by Gasteiger charge is 2.27. The maximum Gasteiger partial charge on any atom is 0.303 e. The quantitative estimate of drug-likeness (QED) is 0.379. The molecular formula is C20H29N3O5. The summed E-state index contributed by atoms with van der Waals surface area (Å²) in [6.07, 6.45) is 3.17. The van der Waals surface area contributed by atoms with Crippen molar-refractivity contribution in [2.75, 3.05) is 24.5 Å². The third kappa shape index (κ3) is 6.21. The molecule has 1 aromatic carbocycles. The molecule has 28 heavy (non-hydrogen) atoms. The smallest absolute Gasteiger partial charge is 0.303 e. The molecule has 1 saturated heterocycles. The van der Waals surface area contributed by atoms with E-state index in [1.807, 2.05) is 4.90 Å². The van der Waals surface area contributed by atoms with Gasteiger partial charge in [-0.1, -0.05) is 20.3 Å². The third-order valence-electron chi connectivity index (χ3n) is 5.00. The zero-order valence-corrected chi connectivity index (χ0v) is 16.5. The summed E-state index contributed by atoms with van der Waals surface area (Å²) in [6, 6.07) is 4.65. The van der Waals surface area contributed by atoms with E-state index in [9.17, 15) is 19.7 Å². The number of aliphatic carboxylic acids is 1. The van der Waals surface area contributed by atoms with Gasteiger partial charge in [-0.25, -0.2) is 0 Å². The number of carbonyl (C=O) groups excluding carboxylic acids is 1. The van der Waals surface area contributed by atoms with Gasteiger partial charge in [-0.3, -0.25) is 19.7 Å². The van der Waals surface area contributed by atoms with Crippen molar-refractivity contribution in [3.63, 3.8) is 0 Å². The largest absolute Gasteiger partial charge is 0.481 e. The lowest BCUT2D eigenvalue weighted by Crippen LogP contribution is -2.39. The van der Waals surface area contributed by atoms with Crippen LogP contribution < -0.4 is 10.2 Å². The monoisotopic (exact) mass is 391 g/mol. The molecule has 0 saturated carbocycles. The first-order valence-electron chi connectivity index (χ1n) is 9.81. The molecule has 1 aliphatic heterocycles. The Morgan fingerprint density at radius 3 is 2.50 bits per heavy atom. The molecule has 1 aliphatic rings. The van der Waals surface area contributed by atoms with E-state index in [0.29, 0.717) is 43.3 Å². The van der Waals surface area contributed by atoms with E-state index >= 15 is 0 Å². The molecule has 2 unspecified atom stereocenters. The van der Waals surface area contributed by atoms with Gasteiger partial charge in [0, 0.05) is 37.7 Å². The fourth-order valence-electron chi connectivity index (χ4n) is 3.82. The number of carboxylic acids is 1. The van der Waals surface area contributed by atoms with Gasteiger partial charge in [-0.15, -0.1) is 0 Å². The molecule has 2 atom stereocenters.